The second kappa shape index (κ2) is 9.83. The number of aromatic nitrogens is 3. The molecule has 36 heavy (non-hydrogen) atoms. The number of rotatable bonds is 6. The molecule has 0 aliphatic carbocycles. The fourth-order valence-electron chi connectivity index (χ4n) is 4.26. The lowest BCUT2D eigenvalue weighted by molar-refractivity contribution is -0.00779. The van der Waals surface area contributed by atoms with Gasteiger partial charge in [-0.15, -0.1) is 0 Å². The first-order chi connectivity index (χ1) is 17.3. The molecule has 1 saturated heterocycles. The first-order valence-electron chi connectivity index (χ1n) is 11.3. The molecule has 5 rings (SSSR count). The van der Waals surface area contributed by atoms with E-state index in [4.69, 9.17) is 21.1 Å². The number of halogens is 3. The van der Waals surface area contributed by atoms with E-state index >= 15 is 4.39 Å². The van der Waals surface area contributed by atoms with Gasteiger partial charge in [0.1, 0.15) is 23.4 Å². The molecular formula is C26H22ClF2N4O3. The lowest BCUT2D eigenvalue weighted by atomic mass is 10.1. The maximum Gasteiger partial charge on any atom is 0.338 e. The summed E-state index contributed by atoms with van der Waals surface area (Å²) in [5.41, 5.74) is 1.05. The monoisotopic (exact) mass is 511 g/mol. The van der Waals surface area contributed by atoms with Crippen LogP contribution in [0.5, 0.6) is 0 Å². The average molecular weight is 512 g/mol. The fourth-order valence-corrected chi connectivity index (χ4v) is 4.42. The van der Waals surface area contributed by atoms with Crippen LogP contribution in [0.2, 0.25) is 5.28 Å². The number of carbonyl (C=O) groups is 1. The lowest BCUT2D eigenvalue weighted by Crippen LogP contribution is -2.32. The van der Waals surface area contributed by atoms with Crippen LogP contribution in [0.15, 0.2) is 66.9 Å². The Bertz CT molecular complexity index is 1400. The van der Waals surface area contributed by atoms with Gasteiger partial charge in [0.2, 0.25) is 5.28 Å². The number of nitrogens with zero attached hydrogens (tertiary/aromatic N) is 3. The highest BCUT2D eigenvalue weighted by Crippen LogP contribution is 2.37. The molecule has 1 N–H and O–H groups in total. The van der Waals surface area contributed by atoms with Crippen LogP contribution in [0, 0.1) is 12.7 Å². The third-order valence-electron chi connectivity index (χ3n) is 6.06. The number of nitrogens with one attached hydrogen (secondary N) is 1. The minimum absolute atomic E-state index is 0.0858. The molecule has 185 valence electrons. The average Bonchev–Trinajstić information content (AvgIpc) is 3.40. The Morgan fingerprint density at radius 2 is 1.89 bits per heavy atom. The summed E-state index contributed by atoms with van der Waals surface area (Å²) in [5.74, 6) is -0.674. The van der Waals surface area contributed by atoms with Crippen LogP contribution in [0.3, 0.4) is 0 Å². The maximum atomic E-state index is 15.6. The van der Waals surface area contributed by atoms with E-state index in [-0.39, 0.29) is 11.1 Å². The summed E-state index contributed by atoms with van der Waals surface area (Å²) in [6, 6.07) is 15.9. The van der Waals surface area contributed by atoms with Gasteiger partial charge in [-0.25, -0.2) is 18.6 Å². The molecule has 2 aromatic carbocycles. The molecule has 0 unspecified atom stereocenters. The molecule has 0 bridgehead atoms. The summed E-state index contributed by atoms with van der Waals surface area (Å²) in [7, 11) is 0. The van der Waals surface area contributed by atoms with E-state index in [2.05, 4.69) is 22.2 Å². The largest absolute Gasteiger partial charge is 0.453 e. The predicted octanol–water partition coefficient (Wildman–Crippen LogP) is 5.69. The molecule has 2 aromatic heterocycles. The van der Waals surface area contributed by atoms with E-state index in [9.17, 15) is 9.18 Å². The summed E-state index contributed by atoms with van der Waals surface area (Å²) in [4.78, 5) is 21.0. The number of fused-ring (bicyclic) bond motifs is 1. The van der Waals surface area contributed by atoms with Crippen molar-refractivity contribution in [1.29, 1.82) is 0 Å². The van der Waals surface area contributed by atoms with Gasteiger partial charge in [-0.2, -0.15) is 4.98 Å². The Morgan fingerprint density at radius 3 is 2.64 bits per heavy atom. The Morgan fingerprint density at radius 1 is 1.17 bits per heavy atom. The van der Waals surface area contributed by atoms with Crippen molar-refractivity contribution in [2.75, 3.05) is 5.32 Å². The first kappa shape index (κ1) is 24.1. The topological polar surface area (TPSA) is 78.3 Å². The van der Waals surface area contributed by atoms with Gasteiger partial charge in [-0.05, 0) is 49.7 Å². The van der Waals surface area contributed by atoms with Crippen molar-refractivity contribution in [3.8, 4) is 0 Å². The van der Waals surface area contributed by atoms with E-state index in [1.54, 1.807) is 67.7 Å². The van der Waals surface area contributed by atoms with Crippen LogP contribution in [0.25, 0.3) is 11.0 Å². The summed E-state index contributed by atoms with van der Waals surface area (Å²) in [6.07, 6.45) is -3.48. The SMILES string of the molecule is [CH2][C@H]1O[C@@H](n2ccc3c(N[C@@H](C)c4ccccc4F)nc(Cl)nc32)[C@@H](F)[C@@H]1OC(=O)c1ccccc1. The molecule has 1 aliphatic heterocycles. The quantitative estimate of drug-likeness (QED) is 0.264. The third-order valence-corrected chi connectivity index (χ3v) is 6.23. The summed E-state index contributed by atoms with van der Waals surface area (Å²) in [6.45, 7) is 5.60. The van der Waals surface area contributed by atoms with Gasteiger partial charge < -0.3 is 19.4 Å². The maximum absolute atomic E-state index is 15.6. The molecular weight excluding hydrogens is 490 g/mol. The number of esters is 1. The zero-order valence-electron chi connectivity index (χ0n) is 19.1. The van der Waals surface area contributed by atoms with Crippen LogP contribution < -0.4 is 5.32 Å². The third kappa shape index (κ3) is 4.52. The molecule has 0 spiro atoms. The first-order valence-corrected chi connectivity index (χ1v) is 11.6. The van der Waals surface area contributed by atoms with Gasteiger partial charge in [0.05, 0.1) is 17.0 Å². The summed E-state index contributed by atoms with van der Waals surface area (Å²) < 4.78 is 42.4. The van der Waals surface area contributed by atoms with Crippen LogP contribution in [0.4, 0.5) is 14.6 Å². The Kier molecular flexibility index (Phi) is 6.59. The van der Waals surface area contributed by atoms with Crippen LogP contribution >= 0.6 is 11.6 Å². The molecule has 7 nitrogen and oxygen atoms in total. The number of ether oxygens (including phenoxy) is 2. The Balaban J connectivity index is 1.41. The molecule has 5 atom stereocenters. The normalized spacial score (nSPS) is 22.5. The Labute approximate surface area is 211 Å². The zero-order chi connectivity index (χ0) is 25.4. The molecule has 10 heteroatoms. The number of benzene rings is 2. The predicted molar refractivity (Wildman–Crippen MR) is 131 cm³/mol. The van der Waals surface area contributed by atoms with Gasteiger partial charge in [-0.3, -0.25) is 0 Å². The molecule has 4 aromatic rings. The molecule has 1 radical (unpaired) electrons. The highest BCUT2D eigenvalue weighted by molar-refractivity contribution is 6.28. The Hall–Kier alpha value is -3.56. The summed E-state index contributed by atoms with van der Waals surface area (Å²) in [5, 5.41) is 3.60. The van der Waals surface area contributed by atoms with Crippen LogP contribution in [-0.4, -0.2) is 38.9 Å². The second-order valence-electron chi connectivity index (χ2n) is 8.43. The van der Waals surface area contributed by atoms with Crippen molar-refractivity contribution in [1.82, 2.24) is 14.5 Å². The van der Waals surface area contributed by atoms with E-state index in [1.165, 1.54) is 10.6 Å². The molecule has 3 heterocycles. The number of hydrogen-bond donors (Lipinski definition) is 1. The molecule has 0 amide bonds. The fraction of sp³-hybridized carbons (Fsp3) is 0.231. The standard InChI is InChI=1S/C26H22ClF2N4O3/c1-14(17-10-6-7-11-19(17)28)30-22-18-12-13-33(23(18)32-26(27)31-22)24-20(29)21(15(2)35-24)36-25(34)16-8-4-3-5-9-16/h3-15,20-21,24H,2H2,1H3,(H,30,31,32)/t14-,15+,20-,21+,24+/m0/s1. The van der Waals surface area contributed by atoms with Crippen LogP contribution in [-0.2, 0) is 9.47 Å². The van der Waals surface area contributed by atoms with Crippen molar-refractivity contribution >= 4 is 34.4 Å². The lowest BCUT2D eigenvalue weighted by Gasteiger charge is -2.19. The number of hydrogen-bond acceptors (Lipinski definition) is 6. The highest BCUT2D eigenvalue weighted by atomic mass is 35.5. The minimum Gasteiger partial charge on any atom is -0.453 e. The van der Waals surface area contributed by atoms with E-state index in [0.717, 1.165) is 0 Å². The number of alkyl halides is 1. The van der Waals surface area contributed by atoms with Crippen molar-refractivity contribution in [2.24, 2.45) is 0 Å². The van der Waals surface area contributed by atoms with Gasteiger partial charge >= 0.3 is 5.97 Å². The number of anilines is 1. The van der Waals surface area contributed by atoms with Crippen molar-refractivity contribution in [2.45, 2.75) is 37.6 Å². The molecule has 0 saturated carbocycles. The van der Waals surface area contributed by atoms with Crippen molar-refractivity contribution in [3.63, 3.8) is 0 Å². The van der Waals surface area contributed by atoms with Gasteiger partial charge in [0.15, 0.2) is 18.5 Å². The minimum atomic E-state index is -1.72. The van der Waals surface area contributed by atoms with E-state index in [0.29, 0.717) is 28.0 Å². The van der Waals surface area contributed by atoms with E-state index < -0.39 is 36.6 Å². The zero-order valence-corrected chi connectivity index (χ0v) is 19.9. The second-order valence-corrected chi connectivity index (χ2v) is 8.77. The van der Waals surface area contributed by atoms with Crippen molar-refractivity contribution < 1.29 is 23.0 Å². The van der Waals surface area contributed by atoms with Gasteiger partial charge in [0.25, 0.3) is 0 Å². The van der Waals surface area contributed by atoms with Gasteiger partial charge in [0, 0.05) is 11.8 Å². The highest BCUT2D eigenvalue weighted by Gasteiger charge is 2.47. The van der Waals surface area contributed by atoms with Crippen LogP contribution in [0.1, 0.15) is 35.1 Å². The number of carbonyl (C=O) groups excluding carboxylic acids is 1. The van der Waals surface area contributed by atoms with Gasteiger partial charge in [-0.1, -0.05) is 36.4 Å². The van der Waals surface area contributed by atoms with Crippen molar-refractivity contribution in [3.05, 3.63) is 96.0 Å². The smallest absolute Gasteiger partial charge is 0.338 e. The molecule has 1 fully saturated rings. The molecule has 1 aliphatic rings. The van der Waals surface area contributed by atoms with E-state index in [1.807, 2.05) is 0 Å². The summed E-state index contributed by atoms with van der Waals surface area (Å²) >= 11 is 6.18.